The van der Waals surface area contributed by atoms with Crippen LogP contribution in [0.25, 0.3) is 22.4 Å². The standard InChI is InChI=1S/C24H17F3N6O2/c1-13-2-3-17(32-23(35)21-10-16(12-31-33-21)24(25,26)27)11-18(13)14-4-6-29-19(8-14)15-5-7-30-20(9-15)22(28)34/h2-12H,1H3,(H2,28,34)(H,32,35)/p+1. The molecule has 3 heterocycles. The fraction of sp³-hybridized carbons (Fsp3) is 0.0833. The number of anilines is 1. The zero-order valence-electron chi connectivity index (χ0n) is 18.2. The monoisotopic (exact) mass is 479 g/mol. The molecule has 3 aromatic heterocycles. The van der Waals surface area contributed by atoms with Crippen molar-refractivity contribution in [3.8, 4) is 22.4 Å². The molecule has 4 rings (SSSR count). The second-order valence-corrected chi connectivity index (χ2v) is 7.60. The van der Waals surface area contributed by atoms with Crippen molar-refractivity contribution in [3.05, 3.63) is 89.6 Å². The van der Waals surface area contributed by atoms with E-state index in [4.69, 9.17) is 5.73 Å². The molecular weight excluding hydrogens is 461 g/mol. The summed E-state index contributed by atoms with van der Waals surface area (Å²) < 4.78 is 38.8. The minimum absolute atomic E-state index is 0.125. The van der Waals surface area contributed by atoms with Crippen LogP contribution in [0.3, 0.4) is 0 Å². The summed E-state index contributed by atoms with van der Waals surface area (Å²) in [7, 11) is 0. The first-order valence-electron chi connectivity index (χ1n) is 10.2. The summed E-state index contributed by atoms with van der Waals surface area (Å²) in [4.78, 5) is 31.0. The highest BCUT2D eigenvalue weighted by atomic mass is 19.4. The minimum atomic E-state index is -4.64. The minimum Gasteiger partial charge on any atom is -0.364 e. The number of hydrogen-bond donors (Lipinski definition) is 2. The van der Waals surface area contributed by atoms with Crippen LogP contribution in [0.15, 0.2) is 67.1 Å². The van der Waals surface area contributed by atoms with Crippen molar-refractivity contribution in [2.24, 2.45) is 5.73 Å². The van der Waals surface area contributed by atoms with Crippen molar-refractivity contribution < 1.29 is 27.7 Å². The number of nitrogens with two attached hydrogens (primary N) is 1. The maximum Gasteiger partial charge on any atom is 0.418 e. The highest BCUT2D eigenvalue weighted by molar-refractivity contribution is 6.03. The van der Waals surface area contributed by atoms with Crippen LogP contribution in [0.2, 0.25) is 0 Å². The summed E-state index contributed by atoms with van der Waals surface area (Å²) >= 11 is 0. The van der Waals surface area contributed by atoms with Crippen LogP contribution in [0, 0.1) is 6.92 Å². The van der Waals surface area contributed by atoms with E-state index in [2.05, 4.69) is 25.5 Å². The summed E-state index contributed by atoms with van der Waals surface area (Å²) in [6.07, 6.45) is -0.886. The first-order chi connectivity index (χ1) is 16.6. The Labute approximate surface area is 197 Å². The molecule has 0 saturated carbocycles. The van der Waals surface area contributed by atoms with E-state index in [9.17, 15) is 22.8 Å². The Morgan fingerprint density at radius 3 is 2.54 bits per heavy atom. The second kappa shape index (κ2) is 9.29. The Hall–Kier alpha value is -4.67. The summed E-state index contributed by atoms with van der Waals surface area (Å²) in [6, 6.07) is 12.7. The van der Waals surface area contributed by atoms with Gasteiger partial charge in [0.25, 0.3) is 11.8 Å². The summed E-state index contributed by atoms with van der Waals surface area (Å²) in [6.45, 7) is 1.88. The van der Waals surface area contributed by atoms with Crippen LogP contribution in [-0.2, 0) is 6.18 Å². The normalized spacial score (nSPS) is 11.2. The van der Waals surface area contributed by atoms with Gasteiger partial charge in [-0.1, -0.05) is 6.07 Å². The van der Waals surface area contributed by atoms with Gasteiger partial charge < -0.3 is 11.1 Å². The van der Waals surface area contributed by atoms with Crippen LogP contribution < -0.4 is 16.0 Å². The molecule has 0 unspecified atom stereocenters. The van der Waals surface area contributed by atoms with Gasteiger partial charge in [0.15, 0.2) is 11.9 Å². The molecule has 0 atom stereocenters. The van der Waals surface area contributed by atoms with Crippen molar-refractivity contribution in [2.45, 2.75) is 13.1 Å². The third-order valence-corrected chi connectivity index (χ3v) is 5.15. The molecule has 0 aliphatic carbocycles. The number of alkyl halides is 3. The van der Waals surface area contributed by atoms with Crippen molar-refractivity contribution in [1.29, 1.82) is 0 Å². The number of carbonyl (C=O) groups excluding carboxylic acids is 2. The van der Waals surface area contributed by atoms with Crippen molar-refractivity contribution in [3.63, 3.8) is 0 Å². The van der Waals surface area contributed by atoms with E-state index in [0.717, 1.165) is 16.7 Å². The predicted molar refractivity (Wildman–Crippen MR) is 120 cm³/mol. The van der Waals surface area contributed by atoms with Crippen molar-refractivity contribution in [1.82, 2.24) is 15.2 Å². The van der Waals surface area contributed by atoms with E-state index in [-0.39, 0.29) is 5.69 Å². The lowest BCUT2D eigenvalue weighted by Crippen LogP contribution is -2.16. The smallest absolute Gasteiger partial charge is 0.364 e. The molecule has 11 heteroatoms. The number of aromatic amines is 1. The lowest BCUT2D eigenvalue weighted by Gasteiger charge is -2.11. The van der Waals surface area contributed by atoms with Gasteiger partial charge in [0.1, 0.15) is 5.69 Å². The first-order valence-corrected chi connectivity index (χ1v) is 10.2. The molecule has 4 N–H and O–H groups in total. The van der Waals surface area contributed by atoms with Gasteiger partial charge in [0.05, 0.1) is 11.8 Å². The van der Waals surface area contributed by atoms with Gasteiger partial charge in [-0.25, -0.2) is 4.98 Å². The van der Waals surface area contributed by atoms with E-state index in [1.165, 1.54) is 6.20 Å². The van der Waals surface area contributed by atoms with Gasteiger partial charge in [-0.05, 0) is 53.9 Å². The topological polar surface area (TPSA) is 125 Å². The molecule has 0 spiro atoms. The maximum atomic E-state index is 12.9. The number of aromatic nitrogens is 4. The number of primary amides is 1. The fourth-order valence-electron chi connectivity index (χ4n) is 3.37. The number of hydrogen-bond acceptors (Lipinski definition) is 5. The molecule has 8 nitrogen and oxygen atoms in total. The molecule has 0 radical (unpaired) electrons. The number of aryl methyl sites for hydroxylation is 1. The Morgan fingerprint density at radius 1 is 1.00 bits per heavy atom. The number of nitrogens with zero attached hydrogens (tertiary/aromatic N) is 3. The van der Waals surface area contributed by atoms with E-state index in [1.807, 2.05) is 19.1 Å². The van der Waals surface area contributed by atoms with E-state index in [1.54, 1.807) is 36.5 Å². The zero-order valence-corrected chi connectivity index (χ0v) is 18.2. The number of nitrogens with one attached hydrogen (secondary N) is 2. The fourth-order valence-corrected chi connectivity index (χ4v) is 3.37. The number of carbonyl (C=O) groups is 2. The maximum absolute atomic E-state index is 12.9. The highest BCUT2D eigenvalue weighted by Crippen LogP contribution is 2.30. The van der Waals surface area contributed by atoms with Crippen LogP contribution in [-0.4, -0.2) is 27.0 Å². The number of benzene rings is 1. The van der Waals surface area contributed by atoms with Crippen LogP contribution in [0.1, 0.15) is 32.1 Å². The summed E-state index contributed by atoms with van der Waals surface area (Å²) in [5.74, 6) is -1.47. The summed E-state index contributed by atoms with van der Waals surface area (Å²) in [5, 5.41) is 9.35. The van der Waals surface area contributed by atoms with Crippen LogP contribution in [0.4, 0.5) is 18.9 Å². The molecular formula is C24H18F3N6O2+. The van der Waals surface area contributed by atoms with Crippen molar-refractivity contribution >= 4 is 17.5 Å². The predicted octanol–water partition coefficient (Wildman–Crippen LogP) is 3.70. The molecule has 0 fully saturated rings. The molecule has 0 bridgehead atoms. The number of amides is 2. The second-order valence-electron chi connectivity index (χ2n) is 7.60. The van der Waals surface area contributed by atoms with Gasteiger partial charge in [-0.2, -0.15) is 18.3 Å². The number of H-pyrrole nitrogens is 1. The van der Waals surface area contributed by atoms with Gasteiger partial charge in [0.2, 0.25) is 5.69 Å². The van der Waals surface area contributed by atoms with Gasteiger partial charge in [-0.15, -0.1) is 5.10 Å². The Morgan fingerprint density at radius 2 is 1.80 bits per heavy atom. The van der Waals surface area contributed by atoms with Gasteiger partial charge >= 0.3 is 6.18 Å². The average Bonchev–Trinajstić information content (AvgIpc) is 2.85. The van der Waals surface area contributed by atoms with Crippen LogP contribution in [0.5, 0.6) is 0 Å². The SMILES string of the molecule is Cc1ccc(NC(=O)c2cc(C(F)(F)F)cnn2)cc1-c1cc[nH+]c(-c2ccnc(C(N)=O)c2)c1. The molecule has 0 aliphatic rings. The lowest BCUT2D eigenvalue weighted by atomic mass is 9.99. The first kappa shape index (κ1) is 23.5. The highest BCUT2D eigenvalue weighted by Gasteiger charge is 2.32. The van der Waals surface area contributed by atoms with Crippen molar-refractivity contribution in [2.75, 3.05) is 5.32 Å². The van der Waals surface area contributed by atoms with Crippen LogP contribution >= 0.6 is 0 Å². The van der Waals surface area contributed by atoms with Gasteiger partial charge in [-0.3, -0.25) is 14.6 Å². The third-order valence-electron chi connectivity index (χ3n) is 5.15. The van der Waals surface area contributed by atoms with E-state index in [0.29, 0.717) is 29.2 Å². The van der Waals surface area contributed by atoms with Gasteiger partial charge in [0, 0.05) is 29.6 Å². The quantitative estimate of drug-likeness (QED) is 0.452. The Kier molecular flexibility index (Phi) is 6.24. The molecule has 0 saturated heterocycles. The zero-order chi connectivity index (χ0) is 25.2. The Balaban J connectivity index is 1.63. The molecule has 4 aromatic rings. The summed E-state index contributed by atoms with van der Waals surface area (Å²) in [5.41, 5.74) is 8.14. The van der Waals surface area contributed by atoms with E-state index < -0.39 is 29.2 Å². The Bertz CT molecular complexity index is 1440. The molecule has 2 amide bonds. The average molecular weight is 479 g/mol. The number of pyridine rings is 2. The lowest BCUT2D eigenvalue weighted by molar-refractivity contribution is -0.364. The molecule has 0 aliphatic heterocycles. The molecule has 1 aromatic carbocycles. The largest absolute Gasteiger partial charge is 0.418 e. The number of halogens is 3. The van der Waals surface area contributed by atoms with E-state index >= 15 is 0 Å². The molecule has 176 valence electrons. The molecule has 35 heavy (non-hydrogen) atoms. The number of rotatable bonds is 5. The third kappa shape index (κ3) is 5.29.